The van der Waals surface area contributed by atoms with Gasteiger partial charge in [0.2, 0.25) is 11.9 Å². The molecule has 0 aromatic carbocycles. The standard InChI is InChI=1S/C12H13N5O/c1-9(18)16-5-12(6-16)7-17(8-12)11-14-3-2-10(4-13)15-11/h2-3H,5-8H2,1H3. The highest BCUT2D eigenvalue weighted by Crippen LogP contribution is 2.40. The molecule has 0 saturated carbocycles. The zero-order chi connectivity index (χ0) is 12.8. The number of nitrogens with zero attached hydrogens (tertiary/aromatic N) is 5. The van der Waals surface area contributed by atoms with E-state index in [2.05, 4.69) is 14.9 Å². The average Bonchev–Trinajstić information content (AvgIpc) is 2.25. The van der Waals surface area contributed by atoms with Crippen LogP contribution in [-0.4, -0.2) is 47.0 Å². The van der Waals surface area contributed by atoms with Crippen LogP contribution >= 0.6 is 0 Å². The first-order chi connectivity index (χ1) is 8.62. The van der Waals surface area contributed by atoms with E-state index in [0.29, 0.717) is 11.6 Å². The van der Waals surface area contributed by atoms with Gasteiger partial charge < -0.3 is 9.80 Å². The van der Waals surface area contributed by atoms with Crippen LogP contribution in [0.1, 0.15) is 12.6 Å². The maximum atomic E-state index is 11.1. The van der Waals surface area contributed by atoms with E-state index in [0.717, 1.165) is 26.2 Å². The zero-order valence-electron chi connectivity index (χ0n) is 10.1. The molecule has 3 rings (SSSR count). The van der Waals surface area contributed by atoms with Crippen LogP contribution in [0.5, 0.6) is 0 Å². The van der Waals surface area contributed by atoms with Gasteiger partial charge in [0.1, 0.15) is 11.8 Å². The van der Waals surface area contributed by atoms with Crippen molar-refractivity contribution >= 4 is 11.9 Å². The van der Waals surface area contributed by atoms with Gasteiger partial charge >= 0.3 is 0 Å². The summed E-state index contributed by atoms with van der Waals surface area (Å²) in [5, 5.41) is 8.79. The second-order valence-corrected chi connectivity index (χ2v) is 5.08. The van der Waals surface area contributed by atoms with Gasteiger partial charge in [0.25, 0.3) is 0 Å². The van der Waals surface area contributed by atoms with E-state index < -0.39 is 0 Å². The molecule has 0 radical (unpaired) electrons. The van der Waals surface area contributed by atoms with Crippen molar-refractivity contribution in [3.05, 3.63) is 18.0 Å². The van der Waals surface area contributed by atoms with Crippen molar-refractivity contribution in [3.63, 3.8) is 0 Å². The van der Waals surface area contributed by atoms with Gasteiger partial charge in [-0.15, -0.1) is 0 Å². The summed E-state index contributed by atoms with van der Waals surface area (Å²) < 4.78 is 0. The average molecular weight is 243 g/mol. The van der Waals surface area contributed by atoms with Crippen molar-refractivity contribution in [1.29, 1.82) is 5.26 Å². The lowest BCUT2D eigenvalue weighted by Crippen LogP contribution is -2.73. The molecule has 0 N–H and O–H groups in total. The Kier molecular flexibility index (Phi) is 2.23. The van der Waals surface area contributed by atoms with Crippen molar-refractivity contribution in [2.45, 2.75) is 6.92 Å². The second-order valence-electron chi connectivity index (χ2n) is 5.08. The van der Waals surface area contributed by atoms with Gasteiger partial charge in [-0.25, -0.2) is 9.97 Å². The van der Waals surface area contributed by atoms with E-state index in [1.165, 1.54) is 0 Å². The number of anilines is 1. The van der Waals surface area contributed by atoms with E-state index in [-0.39, 0.29) is 11.3 Å². The molecule has 0 atom stereocenters. The topological polar surface area (TPSA) is 73.1 Å². The first kappa shape index (κ1) is 11.0. The van der Waals surface area contributed by atoms with Crippen LogP contribution < -0.4 is 4.90 Å². The van der Waals surface area contributed by atoms with Crippen LogP contribution in [0, 0.1) is 16.7 Å². The number of hydrogen-bond acceptors (Lipinski definition) is 5. The Morgan fingerprint density at radius 1 is 1.44 bits per heavy atom. The SMILES string of the molecule is CC(=O)N1CC2(C1)CN(c1nccc(C#N)n1)C2. The third-order valence-electron chi connectivity index (χ3n) is 3.59. The van der Waals surface area contributed by atoms with Crippen LogP contribution in [0.25, 0.3) is 0 Å². The van der Waals surface area contributed by atoms with E-state index in [1.807, 2.05) is 11.0 Å². The predicted octanol–water partition coefficient (Wildman–Crippen LogP) is 0.0168. The molecule has 6 nitrogen and oxygen atoms in total. The molecule has 1 aromatic heterocycles. The Morgan fingerprint density at radius 3 is 2.78 bits per heavy atom. The summed E-state index contributed by atoms with van der Waals surface area (Å²) in [6.45, 7) is 4.99. The number of nitriles is 1. The summed E-state index contributed by atoms with van der Waals surface area (Å²) in [6, 6.07) is 3.61. The number of aromatic nitrogens is 2. The van der Waals surface area contributed by atoms with Gasteiger partial charge in [-0.3, -0.25) is 4.79 Å². The number of likely N-dealkylation sites (tertiary alicyclic amines) is 1. The summed E-state index contributed by atoms with van der Waals surface area (Å²) in [6.07, 6.45) is 1.61. The summed E-state index contributed by atoms with van der Waals surface area (Å²) in [7, 11) is 0. The highest BCUT2D eigenvalue weighted by molar-refractivity contribution is 5.74. The Balaban J connectivity index is 1.63. The van der Waals surface area contributed by atoms with Crippen molar-refractivity contribution in [1.82, 2.24) is 14.9 Å². The van der Waals surface area contributed by atoms with Crippen LogP contribution in [0.3, 0.4) is 0 Å². The molecule has 1 amide bonds. The number of amides is 1. The highest BCUT2D eigenvalue weighted by atomic mass is 16.2. The number of carbonyl (C=O) groups excluding carboxylic acids is 1. The van der Waals surface area contributed by atoms with Crippen molar-refractivity contribution in [3.8, 4) is 6.07 Å². The molecular formula is C12H13N5O. The van der Waals surface area contributed by atoms with Crippen molar-refractivity contribution in [2.24, 2.45) is 5.41 Å². The van der Waals surface area contributed by atoms with Gasteiger partial charge in [0.05, 0.1) is 0 Å². The number of carbonyl (C=O) groups is 1. The fraction of sp³-hybridized carbons (Fsp3) is 0.500. The minimum Gasteiger partial charge on any atom is -0.341 e. The van der Waals surface area contributed by atoms with Crippen LogP contribution in [0.15, 0.2) is 12.3 Å². The molecule has 0 aliphatic carbocycles. The second kappa shape index (κ2) is 3.67. The monoisotopic (exact) mass is 243 g/mol. The predicted molar refractivity (Wildman–Crippen MR) is 63.6 cm³/mol. The molecule has 6 heteroatoms. The lowest BCUT2D eigenvalue weighted by molar-refractivity contribution is -0.142. The van der Waals surface area contributed by atoms with Gasteiger partial charge in [-0.1, -0.05) is 0 Å². The van der Waals surface area contributed by atoms with Gasteiger partial charge in [0.15, 0.2) is 0 Å². The van der Waals surface area contributed by atoms with Crippen LogP contribution in [-0.2, 0) is 4.79 Å². The maximum absolute atomic E-state index is 11.1. The van der Waals surface area contributed by atoms with Crippen LogP contribution in [0.4, 0.5) is 5.95 Å². The fourth-order valence-corrected chi connectivity index (χ4v) is 2.65. The molecule has 1 aromatic rings. The Morgan fingerprint density at radius 2 is 2.17 bits per heavy atom. The summed E-state index contributed by atoms with van der Waals surface area (Å²) in [5.41, 5.74) is 0.623. The largest absolute Gasteiger partial charge is 0.341 e. The molecule has 1 spiro atoms. The fourth-order valence-electron chi connectivity index (χ4n) is 2.65. The Bertz CT molecular complexity index is 536. The minimum absolute atomic E-state index is 0.141. The van der Waals surface area contributed by atoms with E-state index in [1.54, 1.807) is 19.2 Å². The first-order valence-electron chi connectivity index (χ1n) is 5.86. The molecule has 18 heavy (non-hydrogen) atoms. The van der Waals surface area contributed by atoms with E-state index >= 15 is 0 Å². The van der Waals surface area contributed by atoms with Gasteiger partial charge in [-0.05, 0) is 6.07 Å². The Labute approximate surface area is 105 Å². The summed E-state index contributed by atoms with van der Waals surface area (Å²) >= 11 is 0. The van der Waals surface area contributed by atoms with Crippen LogP contribution in [0.2, 0.25) is 0 Å². The quantitative estimate of drug-likeness (QED) is 0.695. The van der Waals surface area contributed by atoms with Gasteiger partial charge in [0, 0.05) is 44.7 Å². The number of hydrogen-bond donors (Lipinski definition) is 0. The molecule has 2 aliphatic heterocycles. The molecule has 0 bridgehead atoms. The smallest absolute Gasteiger partial charge is 0.226 e. The van der Waals surface area contributed by atoms with Crippen molar-refractivity contribution in [2.75, 3.05) is 31.1 Å². The molecular weight excluding hydrogens is 230 g/mol. The summed E-state index contributed by atoms with van der Waals surface area (Å²) in [5.74, 6) is 0.753. The third-order valence-corrected chi connectivity index (χ3v) is 3.59. The maximum Gasteiger partial charge on any atom is 0.226 e. The first-order valence-corrected chi connectivity index (χ1v) is 5.86. The zero-order valence-corrected chi connectivity index (χ0v) is 10.1. The molecule has 3 heterocycles. The lowest BCUT2D eigenvalue weighted by atomic mass is 9.73. The molecule has 2 saturated heterocycles. The number of rotatable bonds is 1. The van der Waals surface area contributed by atoms with Gasteiger partial charge in [-0.2, -0.15) is 5.26 Å². The third kappa shape index (κ3) is 1.59. The Hall–Kier alpha value is -2.16. The normalized spacial score (nSPS) is 20.0. The van der Waals surface area contributed by atoms with E-state index in [4.69, 9.17) is 5.26 Å². The van der Waals surface area contributed by atoms with E-state index in [9.17, 15) is 4.79 Å². The lowest BCUT2D eigenvalue weighted by Gasteiger charge is -2.59. The summed E-state index contributed by atoms with van der Waals surface area (Å²) in [4.78, 5) is 23.4. The minimum atomic E-state index is 0.141. The van der Waals surface area contributed by atoms with Crippen molar-refractivity contribution < 1.29 is 4.79 Å². The highest BCUT2D eigenvalue weighted by Gasteiger charge is 2.53. The molecule has 92 valence electrons. The molecule has 2 aliphatic rings. The molecule has 2 fully saturated rings. The molecule has 0 unspecified atom stereocenters.